The first-order chi connectivity index (χ1) is 7.80. The van der Waals surface area contributed by atoms with Crippen LogP contribution in [-0.4, -0.2) is 13.0 Å². The van der Waals surface area contributed by atoms with Crippen LogP contribution in [0.25, 0.3) is 10.9 Å². The molecule has 0 unspecified atom stereocenters. The minimum atomic E-state index is -4.02. The van der Waals surface area contributed by atoms with Crippen molar-refractivity contribution in [3.8, 4) is 0 Å². The van der Waals surface area contributed by atoms with Crippen molar-refractivity contribution in [3.63, 3.8) is 0 Å². The Morgan fingerprint density at radius 2 is 1.94 bits per heavy atom. The van der Waals surface area contributed by atoms with Crippen LogP contribution < -0.4 is 5.43 Å². The van der Waals surface area contributed by atoms with E-state index in [4.69, 9.17) is 10.7 Å². The monoisotopic (exact) mass is 271 g/mol. The molecular weight excluding hydrogens is 262 g/mol. The fraction of sp³-hybridized carbons (Fsp3) is 0.182. The summed E-state index contributed by atoms with van der Waals surface area (Å²) in [7, 11) is 2.88. The molecule has 17 heavy (non-hydrogen) atoms. The van der Waals surface area contributed by atoms with Crippen LogP contribution in [0.3, 0.4) is 0 Å². The van der Waals surface area contributed by atoms with Crippen LogP contribution in [0.15, 0.2) is 34.1 Å². The van der Waals surface area contributed by atoms with E-state index in [9.17, 15) is 13.2 Å². The average molecular weight is 272 g/mol. The van der Waals surface area contributed by atoms with Crippen LogP contribution in [-0.2, 0) is 16.1 Å². The summed E-state index contributed by atoms with van der Waals surface area (Å²) in [6.07, 6.45) is 1.24. The van der Waals surface area contributed by atoms with E-state index in [0.29, 0.717) is 10.9 Å². The molecule has 6 heteroatoms. The maximum absolute atomic E-state index is 12.0. The first kappa shape index (κ1) is 12.1. The number of aromatic nitrogens is 1. The van der Waals surface area contributed by atoms with Gasteiger partial charge in [-0.05, 0) is 19.1 Å². The second-order valence-electron chi connectivity index (χ2n) is 3.89. The fourth-order valence-corrected chi connectivity index (χ4v) is 2.69. The van der Waals surface area contributed by atoms with Crippen LogP contribution in [0.5, 0.6) is 0 Å². The van der Waals surface area contributed by atoms with Crippen molar-refractivity contribution in [2.75, 3.05) is 0 Å². The number of fused-ring (bicyclic) bond motifs is 1. The van der Waals surface area contributed by atoms with Crippen molar-refractivity contribution < 1.29 is 8.42 Å². The molecule has 0 saturated heterocycles. The summed E-state index contributed by atoms with van der Waals surface area (Å²) in [5.74, 6) is 0. The van der Waals surface area contributed by atoms with Crippen LogP contribution >= 0.6 is 10.7 Å². The van der Waals surface area contributed by atoms with Crippen molar-refractivity contribution in [1.29, 1.82) is 0 Å². The zero-order valence-corrected chi connectivity index (χ0v) is 10.8. The molecular formula is C11H10ClNO3S. The molecule has 2 aromatic rings. The van der Waals surface area contributed by atoms with Gasteiger partial charge in [-0.1, -0.05) is 11.6 Å². The first-order valence-electron chi connectivity index (χ1n) is 4.85. The Morgan fingerprint density at radius 1 is 1.29 bits per heavy atom. The molecule has 1 aromatic heterocycles. The molecule has 0 aliphatic heterocycles. The van der Waals surface area contributed by atoms with Gasteiger partial charge in [0, 0.05) is 29.3 Å². The molecule has 1 aromatic carbocycles. The molecule has 0 radical (unpaired) electrons. The van der Waals surface area contributed by atoms with Crippen molar-refractivity contribution in [1.82, 2.24) is 4.57 Å². The highest BCUT2D eigenvalue weighted by molar-refractivity contribution is 8.13. The average Bonchev–Trinajstić information content (AvgIpc) is 2.21. The Bertz CT molecular complexity index is 762. The SMILES string of the molecule is Cc1ccc2c(c1)c(=O)c(S(=O)(=O)Cl)cn2C. The molecule has 0 fully saturated rings. The summed E-state index contributed by atoms with van der Waals surface area (Å²) in [6.45, 7) is 1.83. The van der Waals surface area contributed by atoms with Crippen LogP contribution in [0.4, 0.5) is 0 Å². The van der Waals surface area contributed by atoms with Crippen molar-refractivity contribution in [2.24, 2.45) is 7.05 Å². The zero-order chi connectivity index (χ0) is 12.8. The summed E-state index contributed by atoms with van der Waals surface area (Å²) >= 11 is 0. The largest absolute Gasteiger partial charge is 0.349 e. The number of nitrogens with zero attached hydrogens (tertiary/aromatic N) is 1. The highest BCUT2D eigenvalue weighted by Crippen LogP contribution is 2.17. The van der Waals surface area contributed by atoms with E-state index in [0.717, 1.165) is 5.56 Å². The van der Waals surface area contributed by atoms with E-state index >= 15 is 0 Å². The van der Waals surface area contributed by atoms with Crippen molar-refractivity contribution in [3.05, 3.63) is 40.2 Å². The smallest absolute Gasteiger partial charge is 0.266 e. The van der Waals surface area contributed by atoms with E-state index < -0.39 is 14.5 Å². The minimum absolute atomic E-state index is 0.356. The van der Waals surface area contributed by atoms with Gasteiger partial charge in [0.15, 0.2) is 0 Å². The summed E-state index contributed by atoms with van der Waals surface area (Å²) in [5.41, 5.74) is 1.00. The number of benzene rings is 1. The standard InChI is InChI=1S/C11H10ClNO3S/c1-7-3-4-9-8(5-7)11(14)10(6-13(9)2)17(12,15)16/h3-6H,1-2H3. The number of pyridine rings is 1. The number of halogens is 1. The third kappa shape index (κ3) is 2.08. The molecule has 0 aliphatic rings. The minimum Gasteiger partial charge on any atom is -0.349 e. The van der Waals surface area contributed by atoms with Gasteiger partial charge in [0.25, 0.3) is 9.05 Å². The van der Waals surface area contributed by atoms with E-state index in [1.54, 1.807) is 23.7 Å². The highest BCUT2D eigenvalue weighted by atomic mass is 35.7. The van der Waals surface area contributed by atoms with Gasteiger partial charge in [-0.15, -0.1) is 0 Å². The van der Waals surface area contributed by atoms with Gasteiger partial charge < -0.3 is 4.57 Å². The topological polar surface area (TPSA) is 56.1 Å². The van der Waals surface area contributed by atoms with E-state index in [1.165, 1.54) is 6.20 Å². The molecule has 0 atom stereocenters. The third-order valence-corrected chi connectivity index (χ3v) is 3.89. The van der Waals surface area contributed by atoms with Crippen LogP contribution in [0, 0.1) is 6.92 Å². The van der Waals surface area contributed by atoms with Crippen LogP contribution in [0.2, 0.25) is 0 Å². The Hall–Kier alpha value is -1.33. The molecule has 4 nitrogen and oxygen atoms in total. The number of rotatable bonds is 1. The quantitative estimate of drug-likeness (QED) is 0.743. The van der Waals surface area contributed by atoms with Crippen molar-refractivity contribution >= 4 is 30.6 Å². The maximum atomic E-state index is 12.0. The molecule has 1 heterocycles. The van der Waals surface area contributed by atoms with E-state index in [-0.39, 0.29) is 4.90 Å². The Balaban J connectivity index is 3.04. The molecule has 2 rings (SSSR count). The lowest BCUT2D eigenvalue weighted by molar-refractivity contribution is 0.608. The molecule has 0 N–H and O–H groups in total. The second kappa shape index (κ2) is 3.85. The molecule has 0 spiro atoms. The predicted molar refractivity (Wildman–Crippen MR) is 67.0 cm³/mol. The number of aryl methyl sites for hydroxylation is 2. The van der Waals surface area contributed by atoms with Crippen LogP contribution in [0.1, 0.15) is 5.56 Å². The number of hydrogen-bond donors (Lipinski definition) is 0. The normalized spacial score (nSPS) is 11.9. The Kier molecular flexibility index (Phi) is 2.75. The first-order valence-corrected chi connectivity index (χ1v) is 7.16. The van der Waals surface area contributed by atoms with E-state index in [1.807, 2.05) is 13.0 Å². The lowest BCUT2D eigenvalue weighted by Gasteiger charge is -2.07. The van der Waals surface area contributed by atoms with Gasteiger partial charge in [-0.25, -0.2) is 8.42 Å². The number of hydrogen-bond acceptors (Lipinski definition) is 3. The fourth-order valence-electron chi connectivity index (χ4n) is 1.75. The van der Waals surface area contributed by atoms with Crippen molar-refractivity contribution in [2.45, 2.75) is 11.8 Å². The maximum Gasteiger partial charge on any atom is 0.266 e. The zero-order valence-electron chi connectivity index (χ0n) is 9.27. The molecule has 0 saturated carbocycles. The lowest BCUT2D eigenvalue weighted by Crippen LogP contribution is -2.15. The van der Waals surface area contributed by atoms with Gasteiger partial charge in [0.1, 0.15) is 4.90 Å². The summed E-state index contributed by atoms with van der Waals surface area (Å²) in [6, 6.07) is 5.29. The summed E-state index contributed by atoms with van der Waals surface area (Å²) in [4.78, 5) is 11.6. The third-order valence-electron chi connectivity index (χ3n) is 2.57. The summed E-state index contributed by atoms with van der Waals surface area (Å²) in [5, 5.41) is 0.356. The Labute approximate surface area is 103 Å². The lowest BCUT2D eigenvalue weighted by atomic mass is 10.1. The molecule has 0 amide bonds. The Morgan fingerprint density at radius 3 is 2.53 bits per heavy atom. The summed E-state index contributed by atoms with van der Waals surface area (Å²) < 4.78 is 24.1. The van der Waals surface area contributed by atoms with Gasteiger partial charge >= 0.3 is 0 Å². The van der Waals surface area contributed by atoms with Gasteiger partial charge in [0.2, 0.25) is 5.43 Å². The second-order valence-corrected chi connectivity index (χ2v) is 6.43. The molecule has 90 valence electrons. The molecule has 0 aliphatic carbocycles. The predicted octanol–water partition coefficient (Wildman–Crippen LogP) is 1.77. The molecule has 0 bridgehead atoms. The van der Waals surface area contributed by atoms with Gasteiger partial charge in [-0.2, -0.15) is 0 Å². The van der Waals surface area contributed by atoms with E-state index in [2.05, 4.69) is 0 Å². The van der Waals surface area contributed by atoms with Gasteiger partial charge in [-0.3, -0.25) is 4.79 Å². The van der Waals surface area contributed by atoms with Gasteiger partial charge in [0.05, 0.1) is 5.52 Å². The highest BCUT2D eigenvalue weighted by Gasteiger charge is 2.18.